The summed E-state index contributed by atoms with van der Waals surface area (Å²) in [7, 11) is 0. The molecule has 5 nitrogen and oxygen atoms in total. The molecule has 0 saturated carbocycles. The first kappa shape index (κ1) is 16.7. The normalized spacial score (nSPS) is 11.2. The number of aromatic nitrogens is 2. The average molecular weight is 351 g/mol. The van der Waals surface area contributed by atoms with Crippen LogP contribution in [0.5, 0.6) is 0 Å². The van der Waals surface area contributed by atoms with Crippen molar-refractivity contribution >= 4 is 29.2 Å². The predicted molar refractivity (Wildman–Crippen MR) is 102 cm³/mol. The van der Waals surface area contributed by atoms with Crippen molar-refractivity contribution in [2.75, 3.05) is 5.32 Å². The fourth-order valence-corrected chi connectivity index (χ4v) is 2.53. The molecule has 124 valence electrons. The minimum absolute atomic E-state index is 0.203. The summed E-state index contributed by atoms with van der Waals surface area (Å²) in [5.74, 6) is 0. The summed E-state index contributed by atoms with van der Waals surface area (Å²) in [4.78, 5) is 12.3. The molecule has 2 N–H and O–H groups in total. The number of rotatable bonds is 5. The smallest absolute Gasteiger partial charge is 0.209 e. The molecule has 0 bridgehead atoms. The lowest BCUT2D eigenvalue weighted by Crippen LogP contribution is -2.18. The van der Waals surface area contributed by atoms with Crippen molar-refractivity contribution in [1.82, 2.24) is 9.78 Å². The molecule has 25 heavy (non-hydrogen) atoms. The van der Waals surface area contributed by atoms with Crippen LogP contribution in [0.4, 0.5) is 5.69 Å². The van der Waals surface area contributed by atoms with Gasteiger partial charge in [-0.25, -0.2) is 4.68 Å². The van der Waals surface area contributed by atoms with Gasteiger partial charge in [0.15, 0.2) is 5.69 Å². The fraction of sp³-hybridized carbons (Fsp3) is 0. The van der Waals surface area contributed by atoms with Crippen molar-refractivity contribution in [3.8, 4) is 5.69 Å². The van der Waals surface area contributed by atoms with Gasteiger partial charge in [-0.2, -0.15) is 5.10 Å². The van der Waals surface area contributed by atoms with E-state index in [0.717, 1.165) is 11.9 Å². The van der Waals surface area contributed by atoms with Crippen LogP contribution >= 0.6 is 11.6 Å². The lowest BCUT2D eigenvalue weighted by Gasteiger charge is -2.12. The molecule has 0 fully saturated rings. The van der Waals surface area contributed by atoms with E-state index in [-0.39, 0.29) is 11.1 Å². The number of hydrogen-bond acceptors (Lipinski definition) is 4. The molecule has 3 rings (SSSR count). The van der Waals surface area contributed by atoms with E-state index in [2.05, 4.69) is 10.4 Å². The maximum absolute atomic E-state index is 12.3. The highest BCUT2D eigenvalue weighted by Crippen LogP contribution is 2.19. The molecular weight excluding hydrogens is 336 g/mol. The Kier molecular flexibility index (Phi) is 5.06. The largest absolute Gasteiger partial charge is 0.354 e. The van der Waals surface area contributed by atoms with Gasteiger partial charge >= 0.3 is 0 Å². The van der Waals surface area contributed by atoms with E-state index < -0.39 is 0 Å². The van der Waals surface area contributed by atoms with Crippen LogP contribution in [-0.4, -0.2) is 16.0 Å². The topological polar surface area (TPSA) is 70.8 Å². The molecule has 0 spiro atoms. The van der Waals surface area contributed by atoms with Crippen molar-refractivity contribution in [2.45, 2.75) is 0 Å². The van der Waals surface area contributed by atoms with E-state index in [0.29, 0.717) is 16.4 Å². The number of nitrogens with one attached hydrogen (secondary N) is 2. The fourth-order valence-electron chi connectivity index (χ4n) is 2.31. The Balaban J connectivity index is 2.06. The summed E-state index contributed by atoms with van der Waals surface area (Å²) in [6, 6.07) is 18.1. The van der Waals surface area contributed by atoms with Crippen LogP contribution in [0.1, 0.15) is 5.69 Å². The first-order chi connectivity index (χ1) is 12.2. The number of benzene rings is 2. The maximum atomic E-state index is 12.3. The molecule has 0 atom stereocenters. The van der Waals surface area contributed by atoms with Gasteiger partial charge in [0, 0.05) is 24.2 Å². The monoisotopic (exact) mass is 350 g/mol. The zero-order chi connectivity index (χ0) is 17.6. The Bertz CT molecular complexity index is 980. The summed E-state index contributed by atoms with van der Waals surface area (Å²) < 4.78 is 1.55. The molecule has 1 heterocycles. The van der Waals surface area contributed by atoms with Crippen molar-refractivity contribution in [3.05, 3.63) is 93.9 Å². The van der Waals surface area contributed by atoms with Crippen LogP contribution < -0.4 is 10.7 Å². The van der Waals surface area contributed by atoms with Crippen LogP contribution in [0.3, 0.4) is 0 Å². The lowest BCUT2D eigenvalue weighted by atomic mass is 10.2. The van der Waals surface area contributed by atoms with Crippen molar-refractivity contribution in [1.29, 1.82) is 5.41 Å². The highest BCUT2D eigenvalue weighted by molar-refractivity contribution is 6.32. The highest BCUT2D eigenvalue weighted by atomic mass is 35.5. The quantitative estimate of drug-likeness (QED) is 0.683. The molecule has 0 amide bonds. The van der Waals surface area contributed by atoms with E-state index in [4.69, 9.17) is 17.0 Å². The number of para-hydroxylation sites is 2. The average Bonchev–Trinajstić information content (AvgIpc) is 2.63. The van der Waals surface area contributed by atoms with Gasteiger partial charge in [-0.3, -0.25) is 4.79 Å². The molecule has 0 aliphatic carbocycles. The van der Waals surface area contributed by atoms with Crippen molar-refractivity contribution < 1.29 is 0 Å². The van der Waals surface area contributed by atoms with Crippen molar-refractivity contribution in [3.63, 3.8) is 0 Å². The van der Waals surface area contributed by atoms with Gasteiger partial charge in [0.25, 0.3) is 0 Å². The second kappa shape index (κ2) is 7.59. The molecule has 0 saturated heterocycles. The number of halogens is 1. The van der Waals surface area contributed by atoms with Crippen LogP contribution in [-0.2, 0) is 0 Å². The zero-order valence-corrected chi connectivity index (χ0v) is 13.9. The van der Waals surface area contributed by atoms with Crippen LogP contribution in [0.2, 0.25) is 5.02 Å². The maximum Gasteiger partial charge on any atom is 0.209 e. The number of hydrogen-bond donors (Lipinski definition) is 2. The highest BCUT2D eigenvalue weighted by Gasteiger charge is 2.11. The third kappa shape index (κ3) is 3.84. The molecule has 6 heteroatoms. The van der Waals surface area contributed by atoms with Gasteiger partial charge in [-0.05, 0) is 30.3 Å². The van der Waals surface area contributed by atoms with E-state index >= 15 is 0 Å². The minimum atomic E-state index is -0.250. The minimum Gasteiger partial charge on any atom is -0.354 e. The summed E-state index contributed by atoms with van der Waals surface area (Å²) in [6.07, 6.45) is 4.17. The Morgan fingerprint density at radius 3 is 2.52 bits per heavy atom. The first-order valence-electron chi connectivity index (χ1n) is 7.57. The molecule has 0 aliphatic rings. The summed E-state index contributed by atoms with van der Waals surface area (Å²) in [6.45, 7) is 0. The third-order valence-electron chi connectivity index (χ3n) is 3.47. The van der Waals surface area contributed by atoms with Gasteiger partial charge in [0.05, 0.1) is 16.4 Å². The molecule has 1 aromatic heterocycles. The number of anilines is 1. The van der Waals surface area contributed by atoms with E-state index in [9.17, 15) is 4.79 Å². The number of allylic oxidation sites excluding steroid dienone is 1. The molecule has 2 aromatic carbocycles. The van der Waals surface area contributed by atoms with Crippen molar-refractivity contribution in [2.24, 2.45) is 0 Å². The van der Waals surface area contributed by atoms with E-state index in [1.807, 2.05) is 48.5 Å². The summed E-state index contributed by atoms with van der Waals surface area (Å²) in [5.41, 5.74) is 1.85. The first-order valence-corrected chi connectivity index (χ1v) is 7.95. The van der Waals surface area contributed by atoms with Crippen LogP contribution in [0.25, 0.3) is 11.4 Å². The van der Waals surface area contributed by atoms with Gasteiger partial charge in [-0.1, -0.05) is 41.9 Å². The third-order valence-corrected chi connectivity index (χ3v) is 3.79. The SMILES string of the molecule is N=C/C=C(\Nc1ccccc1)c1nn(-c2ccccc2Cl)ccc1=O. The second-order valence-corrected chi connectivity index (χ2v) is 5.57. The van der Waals surface area contributed by atoms with Gasteiger partial charge in [0.1, 0.15) is 0 Å². The molecule has 3 aromatic rings. The zero-order valence-electron chi connectivity index (χ0n) is 13.2. The Hall–Kier alpha value is -3.18. The second-order valence-electron chi connectivity index (χ2n) is 5.16. The molecular formula is C19H15ClN4O. The number of nitrogens with zero attached hydrogens (tertiary/aromatic N) is 2. The lowest BCUT2D eigenvalue weighted by molar-refractivity contribution is 0.825. The van der Waals surface area contributed by atoms with E-state index in [1.54, 1.807) is 16.9 Å². The van der Waals surface area contributed by atoms with Crippen LogP contribution in [0.15, 0.2) is 77.7 Å². The molecule has 0 unspecified atom stereocenters. The van der Waals surface area contributed by atoms with Gasteiger partial charge in [-0.15, -0.1) is 0 Å². The van der Waals surface area contributed by atoms with E-state index in [1.165, 1.54) is 12.1 Å². The standard InChI is InChI=1S/C19H15ClN4O/c20-15-8-4-5-9-17(15)24-13-11-18(25)19(23-24)16(10-12-21)22-14-6-2-1-3-7-14/h1-13,21-22H/b16-10-,21-12?. The summed E-state index contributed by atoms with van der Waals surface area (Å²) in [5, 5.41) is 15.4. The van der Waals surface area contributed by atoms with Gasteiger partial charge in [0.2, 0.25) is 5.43 Å². The Morgan fingerprint density at radius 2 is 1.80 bits per heavy atom. The summed E-state index contributed by atoms with van der Waals surface area (Å²) >= 11 is 6.22. The predicted octanol–water partition coefficient (Wildman–Crippen LogP) is 3.99. The molecule has 0 aliphatic heterocycles. The Labute approximate surface area is 149 Å². The van der Waals surface area contributed by atoms with Crippen LogP contribution in [0, 0.1) is 5.41 Å². The molecule has 0 radical (unpaired) electrons. The van der Waals surface area contributed by atoms with Gasteiger partial charge < -0.3 is 10.7 Å². The Morgan fingerprint density at radius 1 is 1.08 bits per heavy atom.